The van der Waals surface area contributed by atoms with E-state index in [-0.39, 0.29) is 13.2 Å². The van der Waals surface area contributed by atoms with Crippen LogP contribution in [0.4, 0.5) is 13.2 Å². The smallest absolute Gasteiger partial charge is 0.416 e. The number of ether oxygens (including phenoxy) is 2. The third-order valence-electron chi connectivity index (χ3n) is 4.23. The zero-order valence-corrected chi connectivity index (χ0v) is 15.4. The first-order valence-electron chi connectivity index (χ1n) is 8.97. The normalized spacial score (nSPS) is 12.4. The maximum atomic E-state index is 13.1. The molecule has 1 atom stereocenters. The highest BCUT2D eigenvalue weighted by Crippen LogP contribution is 2.33. The number of hydrogen-bond acceptors (Lipinski definition) is 3. The largest absolute Gasteiger partial charge is 0.459 e. The molecule has 3 rings (SSSR count). The lowest BCUT2D eigenvalue weighted by atomic mass is 9.99. The summed E-state index contributed by atoms with van der Waals surface area (Å²) in [6.45, 7) is -0.286. The maximum absolute atomic E-state index is 13.1. The molecule has 3 nitrogen and oxygen atoms in total. The molecule has 0 saturated heterocycles. The van der Waals surface area contributed by atoms with Crippen molar-refractivity contribution < 1.29 is 27.4 Å². The summed E-state index contributed by atoms with van der Waals surface area (Å²) in [5.41, 5.74) is 1.01. The van der Waals surface area contributed by atoms with Crippen LogP contribution < -0.4 is 0 Å². The molecule has 150 valence electrons. The summed E-state index contributed by atoms with van der Waals surface area (Å²) >= 11 is 0. The number of hydrogen-bond donors (Lipinski definition) is 0. The fourth-order valence-electron chi connectivity index (χ4n) is 2.82. The van der Waals surface area contributed by atoms with Crippen molar-refractivity contribution in [3.05, 3.63) is 107 Å². The molecule has 0 N–H and O–H groups in total. The van der Waals surface area contributed by atoms with E-state index >= 15 is 0 Å². The van der Waals surface area contributed by atoms with Gasteiger partial charge in [-0.3, -0.25) is 0 Å². The third kappa shape index (κ3) is 5.93. The van der Waals surface area contributed by atoms with Gasteiger partial charge in [-0.05, 0) is 28.8 Å². The highest BCUT2D eigenvalue weighted by molar-refractivity contribution is 5.70. The average Bonchev–Trinajstić information content (AvgIpc) is 2.73. The van der Waals surface area contributed by atoms with Gasteiger partial charge in [0, 0.05) is 0 Å². The second-order valence-corrected chi connectivity index (χ2v) is 6.37. The fraction of sp³-hybridized carbons (Fsp3) is 0.174. The predicted octanol–water partition coefficient (Wildman–Crippen LogP) is 5.55. The van der Waals surface area contributed by atoms with Crippen LogP contribution in [0.2, 0.25) is 0 Å². The highest BCUT2D eigenvalue weighted by atomic mass is 19.4. The lowest BCUT2D eigenvalue weighted by molar-refractivity contribution is -0.152. The maximum Gasteiger partial charge on any atom is 0.416 e. The molecular formula is C23H19F3O3. The topological polar surface area (TPSA) is 35.5 Å². The van der Waals surface area contributed by atoms with Gasteiger partial charge in [0.2, 0.25) is 0 Å². The van der Waals surface area contributed by atoms with E-state index < -0.39 is 23.8 Å². The molecule has 0 aliphatic heterocycles. The van der Waals surface area contributed by atoms with Crippen molar-refractivity contribution in [2.75, 3.05) is 6.61 Å². The summed E-state index contributed by atoms with van der Waals surface area (Å²) in [7, 11) is 0. The van der Waals surface area contributed by atoms with Crippen molar-refractivity contribution in [3.8, 4) is 0 Å². The van der Waals surface area contributed by atoms with E-state index in [2.05, 4.69) is 0 Å². The SMILES string of the molecule is O=C(COC(c1ccccc1)c1cccc(C(F)(F)F)c1)OCc1ccccc1. The summed E-state index contributed by atoms with van der Waals surface area (Å²) in [6.07, 6.45) is -5.30. The Bertz CT molecular complexity index is 925. The summed E-state index contributed by atoms with van der Waals surface area (Å²) in [6, 6.07) is 22.8. The van der Waals surface area contributed by atoms with E-state index in [1.165, 1.54) is 6.07 Å². The number of carbonyl (C=O) groups is 1. The minimum Gasteiger partial charge on any atom is -0.459 e. The molecule has 29 heavy (non-hydrogen) atoms. The Morgan fingerprint density at radius 2 is 1.45 bits per heavy atom. The second kappa shape index (κ2) is 9.39. The Morgan fingerprint density at radius 1 is 0.828 bits per heavy atom. The summed E-state index contributed by atoms with van der Waals surface area (Å²) < 4.78 is 50.2. The van der Waals surface area contributed by atoms with Crippen LogP contribution in [0.3, 0.4) is 0 Å². The van der Waals surface area contributed by atoms with Gasteiger partial charge in [-0.1, -0.05) is 72.8 Å². The number of halogens is 3. The molecule has 0 amide bonds. The third-order valence-corrected chi connectivity index (χ3v) is 4.23. The van der Waals surface area contributed by atoms with Crippen molar-refractivity contribution >= 4 is 5.97 Å². The van der Waals surface area contributed by atoms with Gasteiger partial charge >= 0.3 is 12.1 Å². The predicted molar refractivity (Wildman–Crippen MR) is 102 cm³/mol. The van der Waals surface area contributed by atoms with Crippen LogP contribution in [0.5, 0.6) is 0 Å². The van der Waals surface area contributed by atoms with Gasteiger partial charge in [0.25, 0.3) is 0 Å². The van der Waals surface area contributed by atoms with Crippen LogP contribution in [0.15, 0.2) is 84.9 Å². The first-order chi connectivity index (χ1) is 13.9. The van der Waals surface area contributed by atoms with Gasteiger partial charge in [0.15, 0.2) is 0 Å². The number of rotatable bonds is 7. The van der Waals surface area contributed by atoms with Gasteiger partial charge in [-0.2, -0.15) is 13.2 Å². The molecule has 0 aliphatic rings. The molecule has 3 aromatic carbocycles. The summed E-state index contributed by atoms with van der Waals surface area (Å²) in [5.74, 6) is -0.596. The minimum absolute atomic E-state index is 0.0998. The zero-order valence-electron chi connectivity index (χ0n) is 15.4. The average molecular weight is 400 g/mol. The van der Waals surface area contributed by atoms with Gasteiger partial charge in [-0.25, -0.2) is 4.79 Å². The fourth-order valence-corrected chi connectivity index (χ4v) is 2.82. The van der Waals surface area contributed by atoms with Crippen LogP contribution in [0.25, 0.3) is 0 Å². The molecule has 1 unspecified atom stereocenters. The Balaban J connectivity index is 1.73. The summed E-state index contributed by atoms with van der Waals surface area (Å²) in [4.78, 5) is 12.1. The monoisotopic (exact) mass is 400 g/mol. The number of carbonyl (C=O) groups excluding carboxylic acids is 1. The van der Waals surface area contributed by atoms with Crippen LogP contribution in [-0.4, -0.2) is 12.6 Å². The molecule has 0 aromatic heterocycles. The molecule has 0 fully saturated rings. The first kappa shape index (κ1) is 20.6. The minimum atomic E-state index is -4.47. The number of benzene rings is 3. The van der Waals surface area contributed by atoms with Crippen molar-refractivity contribution in [2.45, 2.75) is 18.9 Å². The van der Waals surface area contributed by atoms with Crippen molar-refractivity contribution in [1.29, 1.82) is 0 Å². The lowest BCUT2D eigenvalue weighted by Crippen LogP contribution is -2.17. The standard InChI is InChI=1S/C23H19F3O3/c24-23(25,26)20-13-7-12-19(14-20)22(18-10-5-2-6-11-18)29-16-21(27)28-15-17-8-3-1-4-9-17/h1-14,22H,15-16H2. The van der Waals surface area contributed by atoms with E-state index in [1.54, 1.807) is 36.4 Å². The van der Waals surface area contributed by atoms with Crippen LogP contribution >= 0.6 is 0 Å². The zero-order chi connectivity index (χ0) is 20.7. The molecule has 0 saturated carbocycles. The molecule has 0 spiro atoms. The Morgan fingerprint density at radius 3 is 2.10 bits per heavy atom. The first-order valence-corrected chi connectivity index (χ1v) is 8.97. The quantitative estimate of drug-likeness (QED) is 0.488. The Hall–Kier alpha value is -3.12. The molecule has 0 aliphatic carbocycles. The van der Waals surface area contributed by atoms with E-state index in [1.807, 2.05) is 30.3 Å². The van der Waals surface area contributed by atoms with Crippen molar-refractivity contribution in [3.63, 3.8) is 0 Å². The second-order valence-electron chi connectivity index (χ2n) is 6.37. The van der Waals surface area contributed by atoms with Crippen LogP contribution in [0.1, 0.15) is 28.4 Å². The van der Waals surface area contributed by atoms with Crippen molar-refractivity contribution in [2.24, 2.45) is 0 Å². The van der Waals surface area contributed by atoms with Gasteiger partial charge in [0.05, 0.1) is 5.56 Å². The number of alkyl halides is 3. The molecule has 0 heterocycles. The molecular weight excluding hydrogens is 381 g/mol. The van der Waals surface area contributed by atoms with Gasteiger partial charge in [-0.15, -0.1) is 0 Å². The molecule has 0 bridgehead atoms. The van der Waals surface area contributed by atoms with E-state index in [0.717, 1.165) is 17.7 Å². The highest BCUT2D eigenvalue weighted by Gasteiger charge is 2.31. The van der Waals surface area contributed by atoms with Gasteiger partial charge < -0.3 is 9.47 Å². The van der Waals surface area contributed by atoms with Crippen LogP contribution in [0, 0.1) is 0 Å². The van der Waals surface area contributed by atoms with Gasteiger partial charge in [0.1, 0.15) is 19.3 Å². The Kier molecular flexibility index (Phi) is 6.67. The van der Waals surface area contributed by atoms with E-state index in [9.17, 15) is 18.0 Å². The Labute approximate surface area is 166 Å². The van der Waals surface area contributed by atoms with E-state index in [4.69, 9.17) is 9.47 Å². The van der Waals surface area contributed by atoms with E-state index in [0.29, 0.717) is 11.1 Å². The molecule has 0 radical (unpaired) electrons. The number of esters is 1. The summed E-state index contributed by atoms with van der Waals surface area (Å²) in [5, 5.41) is 0. The van der Waals surface area contributed by atoms with Crippen molar-refractivity contribution in [1.82, 2.24) is 0 Å². The molecule has 3 aromatic rings. The molecule has 6 heteroatoms. The lowest BCUT2D eigenvalue weighted by Gasteiger charge is -2.20. The van der Waals surface area contributed by atoms with Crippen LogP contribution in [-0.2, 0) is 27.1 Å².